The SMILES string of the molecule is COc1ccc(C2c3cccn3CCN2S(C)(=O)=O)c(OC)c1. The molecule has 0 spiro atoms. The lowest BCUT2D eigenvalue weighted by Gasteiger charge is -2.36. The fourth-order valence-corrected chi connectivity index (χ4v) is 4.10. The summed E-state index contributed by atoms with van der Waals surface area (Å²) in [5.41, 5.74) is 1.74. The average molecular weight is 336 g/mol. The molecule has 0 aliphatic carbocycles. The molecule has 0 radical (unpaired) electrons. The number of hydrogen-bond donors (Lipinski definition) is 0. The molecule has 124 valence electrons. The molecule has 2 aromatic rings. The molecule has 1 atom stereocenters. The third-order valence-electron chi connectivity index (χ3n) is 4.16. The minimum Gasteiger partial charge on any atom is -0.497 e. The van der Waals surface area contributed by atoms with Crippen LogP contribution in [0.15, 0.2) is 36.5 Å². The monoisotopic (exact) mass is 336 g/mol. The summed E-state index contributed by atoms with van der Waals surface area (Å²) in [5.74, 6) is 1.28. The highest BCUT2D eigenvalue weighted by Crippen LogP contribution is 2.39. The fourth-order valence-electron chi connectivity index (χ4n) is 3.08. The molecule has 0 amide bonds. The Morgan fingerprint density at radius 3 is 2.57 bits per heavy atom. The van der Waals surface area contributed by atoms with Crippen LogP contribution in [0.25, 0.3) is 0 Å². The average Bonchev–Trinajstić information content (AvgIpc) is 3.01. The molecule has 3 rings (SSSR count). The first-order chi connectivity index (χ1) is 11.0. The lowest BCUT2D eigenvalue weighted by molar-refractivity contribution is 0.292. The van der Waals surface area contributed by atoms with E-state index in [9.17, 15) is 8.42 Å². The van der Waals surface area contributed by atoms with Crippen molar-refractivity contribution in [2.24, 2.45) is 0 Å². The Bertz CT molecular complexity index is 813. The molecule has 1 aliphatic heterocycles. The second-order valence-electron chi connectivity index (χ2n) is 5.51. The van der Waals surface area contributed by atoms with Gasteiger partial charge in [-0.25, -0.2) is 8.42 Å². The van der Waals surface area contributed by atoms with Gasteiger partial charge in [-0.3, -0.25) is 0 Å². The minimum atomic E-state index is -3.35. The molecule has 1 aromatic heterocycles. The van der Waals surface area contributed by atoms with Crippen molar-refractivity contribution in [3.05, 3.63) is 47.8 Å². The Hall–Kier alpha value is -1.99. The lowest BCUT2D eigenvalue weighted by Crippen LogP contribution is -2.41. The number of fused-ring (bicyclic) bond motifs is 1. The maximum Gasteiger partial charge on any atom is 0.212 e. The number of methoxy groups -OCH3 is 2. The van der Waals surface area contributed by atoms with Crippen LogP contribution in [0.4, 0.5) is 0 Å². The van der Waals surface area contributed by atoms with E-state index in [1.165, 1.54) is 10.6 Å². The molecule has 0 saturated heterocycles. The van der Waals surface area contributed by atoms with Crippen LogP contribution >= 0.6 is 0 Å². The molecule has 0 fully saturated rings. The van der Waals surface area contributed by atoms with Crippen molar-refractivity contribution in [2.75, 3.05) is 27.0 Å². The minimum absolute atomic E-state index is 0.408. The van der Waals surface area contributed by atoms with Gasteiger partial charge in [-0.15, -0.1) is 0 Å². The zero-order valence-corrected chi connectivity index (χ0v) is 14.2. The maximum absolute atomic E-state index is 12.3. The van der Waals surface area contributed by atoms with E-state index in [0.717, 1.165) is 11.3 Å². The Kier molecular flexibility index (Phi) is 4.08. The van der Waals surface area contributed by atoms with Crippen LogP contribution in [-0.2, 0) is 16.6 Å². The van der Waals surface area contributed by atoms with Crippen LogP contribution < -0.4 is 9.47 Å². The van der Waals surface area contributed by atoms with E-state index in [-0.39, 0.29) is 0 Å². The van der Waals surface area contributed by atoms with Crippen molar-refractivity contribution in [2.45, 2.75) is 12.6 Å². The quantitative estimate of drug-likeness (QED) is 0.855. The van der Waals surface area contributed by atoms with Crippen LogP contribution in [-0.4, -0.2) is 44.3 Å². The van der Waals surface area contributed by atoms with Crippen LogP contribution in [0.1, 0.15) is 17.3 Å². The molecule has 2 heterocycles. The zero-order chi connectivity index (χ0) is 16.6. The largest absolute Gasteiger partial charge is 0.497 e. The van der Waals surface area contributed by atoms with E-state index in [0.29, 0.717) is 24.6 Å². The number of benzene rings is 1. The van der Waals surface area contributed by atoms with E-state index < -0.39 is 16.1 Å². The topological polar surface area (TPSA) is 60.8 Å². The third-order valence-corrected chi connectivity index (χ3v) is 5.40. The Morgan fingerprint density at radius 1 is 1.13 bits per heavy atom. The summed E-state index contributed by atoms with van der Waals surface area (Å²) in [6, 6.07) is 8.94. The number of sulfonamides is 1. The third kappa shape index (κ3) is 2.82. The highest BCUT2D eigenvalue weighted by molar-refractivity contribution is 7.88. The number of hydrogen-bond acceptors (Lipinski definition) is 4. The number of ether oxygens (including phenoxy) is 2. The van der Waals surface area contributed by atoms with Crippen LogP contribution in [0.2, 0.25) is 0 Å². The summed E-state index contributed by atoms with van der Waals surface area (Å²) in [7, 11) is -0.191. The van der Waals surface area contributed by atoms with E-state index in [1.54, 1.807) is 20.3 Å². The van der Waals surface area contributed by atoms with Crippen molar-refractivity contribution < 1.29 is 17.9 Å². The summed E-state index contributed by atoms with van der Waals surface area (Å²) in [6.07, 6.45) is 3.21. The predicted octanol–water partition coefficient (Wildman–Crippen LogP) is 1.87. The van der Waals surface area contributed by atoms with Gasteiger partial charge >= 0.3 is 0 Å². The van der Waals surface area contributed by atoms with Crippen LogP contribution in [0, 0.1) is 0 Å². The first kappa shape index (κ1) is 15.9. The van der Waals surface area contributed by atoms with Crippen molar-refractivity contribution >= 4 is 10.0 Å². The molecule has 0 N–H and O–H groups in total. The van der Waals surface area contributed by atoms with E-state index >= 15 is 0 Å². The Morgan fingerprint density at radius 2 is 1.91 bits per heavy atom. The predicted molar refractivity (Wildman–Crippen MR) is 87.4 cm³/mol. The maximum atomic E-state index is 12.3. The Labute approximate surface area is 136 Å². The molecule has 0 saturated carbocycles. The summed E-state index contributed by atoms with van der Waals surface area (Å²) in [5, 5.41) is 0. The Balaban J connectivity index is 2.18. The summed E-state index contributed by atoms with van der Waals surface area (Å²) in [4.78, 5) is 0. The van der Waals surface area contributed by atoms with E-state index in [2.05, 4.69) is 4.57 Å². The zero-order valence-electron chi connectivity index (χ0n) is 13.4. The van der Waals surface area contributed by atoms with Crippen LogP contribution in [0.3, 0.4) is 0 Å². The molecule has 6 nitrogen and oxygen atoms in total. The van der Waals surface area contributed by atoms with Crippen LogP contribution in [0.5, 0.6) is 11.5 Å². The first-order valence-corrected chi connectivity index (χ1v) is 9.14. The van der Waals surface area contributed by atoms with Gasteiger partial charge in [-0.2, -0.15) is 4.31 Å². The first-order valence-electron chi connectivity index (χ1n) is 7.29. The number of nitrogens with zero attached hydrogens (tertiary/aromatic N) is 2. The van der Waals surface area contributed by atoms with Crippen molar-refractivity contribution in [1.29, 1.82) is 0 Å². The van der Waals surface area contributed by atoms with Gasteiger partial charge in [-0.1, -0.05) is 0 Å². The smallest absolute Gasteiger partial charge is 0.212 e. The molecular weight excluding hydrogens is 316 g/mol. The molecule has 0 bridgehead atoms. The van der Waals surface area contributed by atoms with E-state index in [1.807, 2.05) is 30.5 Å². The summed E-state index contributed by atoms with van der Waals surface area (Å²) in [6.45, 7) is 1.07. The number of rotatable bonds is 4. The highest BCUT2D eigenvalue weighted by atomic mass is 32.2. The lowest BCUT2D eigenvalue weighted by atomic mass is 10.0. The van der Waals surface area contributed by atoms with Gasteiger partial charge in [0.1, 0.15) is 11.5 Å². The molecule has 1 aromatic carbocycles. The van der Waals surface area contributed by atoms with Gasteiger partial charge in [0.05, 0.1) is 26.5 Å². The second kappa shape index (κ2) is 5.90. The molecule has 23 heavy (non-hydrogen) atoms. The summed E-state index contributed by atoms with van der Waals surface area (Å²) < 4.78 is 38.9. The van der Waals surface area contributed by atoms with Gasteiger partial charge in [0, 0.05) is 36.6 Å². The fraction of sp³-hybridized carbons (Fsp3) is 0.375. The van der Waals surface area contributed by atoms with Gasteiger partial charge in [0.25, 0.3) is 0 Å². The molecule has 1 unspecified atom stereocenters. The molecule has 1 aliphatic rings. The molecular formula is C16H20N2O4S. The van der Waals surface area contributed by atoms with Gasteiger partial charge in [-0.05, 0) is 24.3 Å². The normalized spacial score (nSPS) is 18.5. The van der Waals surface area contributed by atoms with Gasteiger partial charge in [0.15, 0.2) is 0 Å². The van der Waals surface area contributed by atoms with Gasteiger partial charge < -0.3 is 14.0 Å². The van der Waals surface area contributed by atoms with Crippen molar-refractivity contribution in [3.8, 4) is 11.5 Å². The molecule has 7 heteroatoms. The van der Waals surface area contributed by atoms with Crippen molar-refractivity contribution in [1.82, 2.24) is 8.87 Å². The highest BCUT2D eigenvalue weighted by Gasteiger charge is 2.36. The van der Waals surface area contributed by atoms with Gasteiger partial charge in [0.2, 0.25) is 10.0 Å². The standard InChI is InChI=1S/C16H20N2O4S/c1-21-12-6-7-13(15(11-12)22-2)16-14-5-4-8-17(14)9-10-18(16)23(3,19)20/h4-8,11,16H,9-10H2,1-3H3. The second-order valence-corrected chi connectivity index (χ2v) is 7.45. The number of aromatic nitrogens is 1. The summed E-state index contributed by atoms with van der Waals surface area (Å²) >= 11 is 0. The van der Waals surface area contributed by atoms with Crippen molar-refractivity contribution in [3.63, 3.8) is 0 Å². The van der Waals surface area contributed by atoms with E-state index in [4.69, 9.17) is 9.47 Å².